The quantitative estimate of drug-likeness (QED) is 0.692. The maximum Gasteiger partial charge on any atom is 0.0674 e. The number of hydrogen-bond acceptors (Lipinski definition) is 2. The van der Waals surface area contributed by atoms with Gasteiger partial charge in [-0.1, -0.05) is 51.8 Å². The second-order valence-corrected chi connectivity index (χ2v) is 6.07. The van der Waals surface area contributed by atoms with Gasteiger partial charge in [-0.15, -0.1) is 0 Å². The van der Waals surface area contributed by atoms with E-state index < -0.39 is 0 Å². The molecule has 0 radical (unpaired) electrons. The minimum atomic E-state index is 0.624. The Hall–Kier alpha value is -1.78. The average Bonchev–Trinajstić information content (AvgIpc) is 2.91. The van der Waals surface area contributed by atoms with Gasteiger partial charge in [-0.3, -0.25) is 4.68 Å². The van der Waals surface area contributed by atoms with E-state index in [1.54, 1.807) is 0 Å². The van der Waals surface area contributed by atoms with E-state index >= 15 is 0 Å². The Morgan fingerprint density at radius 2 is 2.00 bits per heavy atom. The van der Waals surface area contributed by atoms with Crippen LogP contribution >= 0.6 is 27.5 Å². The van der Waals surface area contributed by atoms with Crippen molar-refractivity contribution in [1.29, 1.82) is 0 Å². The van der Waals surface area contributed by atoms with E-state index in [0.717, 1.165) is 31.9 Å². The van der Waals surface area contributed by atoms with Crippen molar-refractivity contribution in [2.45, 2.75) is 6.54 Å². The lowest BCUT2D eigenvalue weighted by atomic mass is 10.1. The molecule has 0 bridgehead atoms. The maximum atomic E-state index is 6.24. The van der Waals surface area contributed by atoms with Crippen molar-refractivity contribution in [3.63, 3.8) is 0 Å². The molecule has 0 unspecified atom stereocenters. The predicted molar refractivity (Wildman–Crippen MR) is 90.3 cm³/mol. The molecule has 2 aromatic carbocycles. The van der Waals surface area contributed by atoms with Crippen molar-refractivity contribution < 1.29 is 0 Å². The lowest BCUT2D eigenvalue weighted by Gasteiger charge is -2.05. The van der Waals surface area contributed by atoms with E-state index in [1.165, 1.54) is 0 Å². The van der Waals surface area contributed by atoms with Crippen LogP contribution < -0.4 is 5.73 Å². The molecule has 0 aliphatic heterocycles. The van der Waals surface area contributed by atoms with Crippen molar-refractivity contribution in [3.05, 3.63) is 69.9 Å². The van der Waals surface area contributed by atoms with Crippen LogP contribution in [0.2, 0.25) is 5.02 Å². The monoisotopic (exact) mass is 361 g/mol. The number of nitrogens with two attached hydrogens (primary N) is 1. The largest absolute Gasteiger partial charge is 0.398 e. The summed E-state index contributed by atoms with van der Waals surface area (Å²) in [5.74, 6) is 0. The van der Waals surface area contributed by atoms with Crippen LogP contribution in [-0.2, 0) is 6.54 Å². The van der Waals surface area contributed by atoms with Crippen molar-refractivity contribution in [1.82, 2.24) is 9.78 Å². The molecule has 3 rings (SSSR count). The summed E-state index contributed by atoms with van der Waals surface area (Å²) in [5, 5.41) is 5.11. The van der Waals surface area contributed by atoms with E-state index in [1.807, 2.05) is 59.5 Å². The number of benzene rings is 2. The second-order valence-electron chi connectivity index (χ2n) is 4.75. The zero-order chi connectivity index (χ0) is 14.8. The molecule has 1 aromatic heterocycles. The maximum absolute atomic E-state index is 6.24. The van der Waals surface area contributed by atoms with Crippen LogP contribution in [0.25, 0.3) is 11.1 Å². The SMILES string of the molecule is Nc1ccccc1-c1cnn(Cc2ccc(Br)cc2Cl)c1. The van der Waals surface area contributed by atoms with Gasteiger partial charge < -0.3 is 5.73 Å². The molecule has 3 aromatic rings. The fraction of sp³-hybridized carbons (Fsp3) is 0.0625. The molecule has 106 valence electrons. The molecule has 21 heavy (non-hydrogen) atoms. The summed E-state index contributed by atoms with van der Waals surface area (Å²) in [6.07, 6.45) is 3.79. The summed E-state index contributed by atoms with van der Waals surface area (Å²) in [7, 11) is 0. The first kappa shape index (κ1) is 14.2. The highest BCUT2D eigenvalue weighted by Gasteiger charge is 2.07. The highest BCUT2D eigenvalue weighted by Crippen LogP contribution is 2.26. The molecular weight excluding hydrogens is 350 g/mol. The molecule has 0 spiro atoms. The first-order valence-corrected chi connectivity index (χ1v) is 7.62. The third-order valence-corrected chi connectivity index (χ3v) is 4.10. The van der Waals surface area contributed by atoms with Gasteiger partial charge in [-0.2, -0.15) is 5.10 Å². The van der Waals surface area contributed by atoms with Crippen LogP contribution in [0.15, 0.2) is 59.3 Å². The summed E-state index contributed by atoms with van der Waals surface area (Å²) in [4.78, 5) is 0. The van der Waals surface area contributed by atoms with Gasteiger partial charge >= 0.3 is 0 Å². The average molecular weight is 363 g/mol. The van der Waals surface area contributed by atoms with Gasteiger partial charge in [0.05, 0.1) is 12.7 Å². The summed E-state index contributed by atoms with van der Waals surface area (Å²) in [6, 6.07) is 13.6. The van der Waals surface area contributed by atoms with Gasteiger partial charge in [0, 0.05) is 32.5 Å². The zero-order valence-corrected chi connectivity index (χ0v) is 13.5. The molecule has 5 heteroatoms. The van der Waals surface area contributed by atoms with Gasteiger partial charge in [-0.05, 0) is 23.8 Å². The number of halogens is 2. The molecule has 1 heterocycles. The highest BCUT2D eigenvalue weighted by molar-refractivity contribution is 9.10. The van der Waals surface area contributed by atoms with Crippen molar-refractivity contribution in [3.8, 4) is 11.1 Å². The number of anilines is 1. The molecule has 0 saturated carbocycles. The second kappa shape index (κ2) is 5.92. The molecule has 0 fully saturated rings. The fourth-order valence-corrected chi connectivity index (χ4v) is 2.91. The number of rotatable bonds is 3. The molecule has 0 aliphatic carbocycles. The van der Waals surface area contributed by atoms with Crippen LogP contribution in [0.3, 0.4) is 0 Å². The lowest BCUT2D eigenvalue weighted by Crippen LogP contribution is -2.00. The summed E-state index contributed by atoms with van der Waals surface area (Å²) >= 11 is 9.64. The minimum Gasteiger partial charge on any atom is -0.398 e. The number of nitrogens with zero attached hydrogens (tertiary/aromatic N) is 2. The van der Waals surface area contributed by atoms with Gasteiger partial charge in [0.25, 0.3) is 0 Å². The Morgan fingerprint density at radius 3 is 2.76 bits per heavy atom. The molecule has 3 nitrogen and oxygen atoms in total. The minimum absolute atomic E-state index is 0.624. The normalized spacial score (nSPS) is 10.8. The van der Waals surface area contributed by atoms with Crippen molar-refractivity contribution in [2.75, 3.05) is 5.73 Å². The van der Waals surface area contributed by atoms with Crippen molar-refractivity contribution in [2.24, 2.45) is 0 Å². The van der Waals surface area contributed by atoms with Gasteiger partial charge in [0.1, 0.15) is 0 Å². The number of para-hydroxylation sites is 1. The van der Waals surface area contributed by atoms with Gasteiger partial charge in [0.2, 0.25) is 0 Å². The molecule has 2 N–H and O–H groups in total. The van der Waals surface area contributed by atoms with E-state index in [0.29, 0.717) is 6.54 Å². The van der Waals surface area contributed by atoms with E-state index in [-0.39, 0.29) is 0 Å². The molecule has 0 aliphatic rings. The lowest BCUT2D eigenvalue weighted by molar-refractivity contribution is 0.687. The van der Waals surface area contributed by atoms with E-state index in [9.17, 15) is 0 Å². The Kier molecular flexibility index (Phi) is 3.99. The highest BCUT2D eigenvalue weighted by atomic mass is 79.9. The molecule has 0 atom stereocenters. The number of aromatic nitrogens is 2. The van der Waals surface area contributed by atoms with Crippen LogP contribution in [0.5, 0.6) is 0 Å². The Morgan fingerprint density at radius 1 is 1.19 bits per heavy atom. The van der Waals surface area contributed by atoms with E-state index in [2.05, 4.69) is 21.0 Å². The van der Waals surface area contributed by atoms with Crippen LogP contribution in [0, 0.1) is 0 Å². The molecular formula is C16H13BrClN3. The Bertz CT molecular complexity index is 783. The Balaban J connectivity index is 1.87. The van der Waals surface area contributed by atoms with E-state index in [4.69, 9.17) is 17.3 Å². The first-order valence-electron chi connectivity index (χ1n) is 6.45. The standard InChI is InChI=1S/C16H13BrClN3/c17-13-6-5-11(15(18)7-13)9-21-10-12(8-20-21)14-3-1-2-4-16(14)19/h1-8,10H,9,19H2. The summed E-state index contributed by atoms with van der Waals surface area (Å²) < 4.78 is 2.83. The Labute approximate surface area is 136 Å². The molecule has 0 amide bonds. The van der Waals surface area contributed by atoms with Crippen molar-refractivity contribution >= 4 is 33.2 Å². The number of hydrogen-bond donors (Lipinski definition) is 1. The van der Waals surface area contributed by atoms with Crippen LogP contribution in [0.1, 0.15) is 5.56 Å². The van der Waals surface area contributed by atoms with Gasteiger partial charge in [-0.25, -0.2) is 0 Å². The van der Waals surface area contributed by atoms with Crippen LogP contribution in [0.4, 0.5) is 5.69 Å². The fourth-order valence-electron chi connectivity index (χ4n) is 2.17. The topological polar surface area (TPSA) is 43.8 Å². The van der Waals surface area contributed by atoms with Gasteiger partial charge in [0.15, 0.2) is 0 Å². The summed E-state index contributed by atoms with van der Waals surface area (Å²) in [5.41, 5.74) is 9.76. The first-order chi connectivity index (χ1) is 10.1. The predicted octanol–water partition coefficient (Wildman–Crippen LogP) is 4.60. The molecule has 0 saturated heterocycles. The third kappa shape index (κ3) is 3.12. The smallest absolute Gasteiger partial charge is 0.0674 e. The summed E-state index contributed by atoms with van der Waals surface area (Å²) in [6.45, 7) is 0.624. The zero-order valence-electron chi connectivity index (χ0n) is 11.1. The van der Waals surface area contributed by atoms with Crippen LogP contribution in [-0.4, -0.2) is 9.78 Å². The number of nitrogen functional groups attached to an aromatic ring is 1. The third-order valence-electron chi connectivity index (χ3n) is 3.25.